The second-order valence-corrected chi connectivity index (χ2v) is 8.50. The molecule has 2 unspecified atom stereocenters. The lowest BCUT2D eigenvalue weighted by molar-refractivity contribution is -0.139. The number of aryl methyl sites for hydroxylation is 1. The van der Waals surface area contributed by atoms with Crippen LogP contribution in [-0.4, -0.2) is 41.2 Å². The van der Waals surface area contributed by atoms with Crippen molar-refractivity contribution in [3.05, 3.63) is 70.2 Å². The van der Waals surface area contributed by atoms with Gasteiger partial charge in [0.2, 0.25) is 5.91 Å². The van der Waals surface area contributed by atoms with Gasteiger partial charge in [0.25, 0.3) is 5.91 Å². The SMILES string of the molecule is CN(C(=O)CN1C(=O)NC(C)(c2ccc(Cl)cc2)C1=O)C1CCCc2ccccc21. The van der Waals surface area contributed by atoms with Crippen molar-refractivity contribution in [1.29, 1.82) is 0 Å². The number of carbonyl (C=O) groups excluding carboxylic acids is 3. The van der Waals surface area contributed by atoms with E-state index in [0.29, 0.717) is 10.6 Å². The van der Waals surface area contributed by atoms with Crippen molar-refractivity contribution in [1.82, 2.24) is 15.1 Å². The standard InChI is InChI=1S/C23H24ClN3O3/c1-23(16-10-12-17(24)13-11-16)21(29)27(22(30)25-23)14-20(28)26(2)19-9-5-7-15-6-3-4-8-18(15)19/h3-4,6,8,10-13,19H,5,7,9,14H2,1-2H3,(H,25,30). The Labute approximate surface area is 180 Å². The minimum Gasteiger partial charge on any atom is -0.337 e. The van der Waals surface area contributed by atoms with Crippen LogP contribution in [0.3, 0.4) is 0 Å². The van der Waals surface area contributed by atoms with Crippen LogP contribution < -0.4 is 5.32 Å². The highest BCUT2D eigenvalue weighted by Crippen LogP contribution is 2.34. The van der Waals surface area contributed by atoms with Crippen molar-refractivity contribution in [2.75, 3.05) is 13.6 Å². The number of imide groups is 1. The van der Waals surface area contributed by atoms with Gasteiger partial charge in [0.15, 0.2) is 0 Å². The van der Waals surface area contributed by atoms with E-state index in [0.717, 1.165) is 29.7 Å². The van der Waals surface area contributed by atoms with Gasteiger partial charge in [-0.2, -0.15) is 0 Å². The summed E-state index contributed by atoms with van der Waals surface area (Å²) in [6.07, 6.45) is 2.86. The zero-order valence-electron chi connectivity index (χ0n) is 17.0. The normalized spacial score (nSPS) is 23.2. The van der Waals surface area contributed by atoms with Gasteiger partial charge in [-0.25, -0.2) is 4.79 Å². The van der Waals surface area contributed by atoms with Gasteiger partial charge in [-0.15, -0.1) is 0 Å². The Morgan fingerprint density at radius 1 is 1.20 bits per heavy atom. The summed E-state index contributed by atoms with van der Waals surface area (Å²) < 4.78 is 0. The van der Waals surface area contributed by atoms with E-state index in [4.69, 9.17) is 11.6 Å². The van der Waals surface area contributed by atoms with E-state index in [-0.39, 0.29) is 18.5 Å². The third kappa shape index (κ3) is 3.45. The van der Waals surface area contributed by atoms with E-state index in [2.05, 4.69) is 11.4 Å². The molecule has 2 aliphatic rings. The first-order chi connectivity index (χ1) is 14.3. The summed E-state index contributed by atoms with van der Waals surface area (Å²) in [5.74, 6) is -0.707. The zero-order chi connectivity index (χ0) is 21.5. The van der Waals surface area contributed by atoms with Crippen LogP contribution >= 0.6 is 11.6 Å². The molecule has 4 amide bonds. The first kappa shape index (κ1) is 20.4. The molecule has 1 saturated heterocycles. The molecule has 1 N–H and O–H groups in total. The van der Waals surface area contributed by atoms with Gasteiger partial charge in [0, 0.05) is 12.1 Å². The maximum absolute atomic E-state index is 13.1. The molecular weight excluding hydrogens is 402 g/mol. The monoisotopic (exact) mass is 425 g/mol. The molecule has 0 spiro atoms. The smallest absolute Gasteiger partial charge is 0.325 e. The summed E-state index contributed by atoms with van der Waals surface area (Å²) in [6.45, 7) is 1.35. The lowest BCUT2D eigenvalue weighted by atomic mass is 9.87. The molecule has 4 rings (SSSR count). The van der Waals surface area contributed by atoms with Crippen LogP contribution in [-0.2, 0) is 21.5 Å². The van der Waals surface area contributed by atoms with Gasteiger partial charge in [-0.3, -0.25) is 14.5 Å². The third-order valence-corrected chi connectivity index (χ3v) is 6.44. The number of amides is 4. The van der Waals surface area contributed by atoms with Crippen molar-refractivity contribution < 1.29 is 14.4 Å². The fraction of sp³-hybridized carbons (Fsp3) is 0.348. The Morgan fingerprint density at radius 3 is 2.63 bits per heavy atom. The van der Waals surface area contributed by atoms with Gasteiger partial charge in [-0.1, -0.05) is 48.0 Å². The first-order valence-electron chi connectivity index (χ1n) is 10.0. The molecule has 156 valence electrons. The number of benzene rings is 2. The van der Waals surface area contributed by atoms with Crippen molar-refractivity contribution >= 4 is 29.4 Å². The average molecular weight is 426 g/mol. The molecule has 2 aromatic rings. The largest absolute Gasteiger partial charge is 0.337 e. The van der Waals surface area contributed by atoms with Crippen LogP contribution in [0, 0.1) is 0 Å². The number of nitrogens with one attached hydrogen (secondary N) is 1. The van der Waals surface area contributed by atoms with Crippen LogP contribution in [0.5, 0.6) is 0 Å². The quantitative estimate of drug-likeness (QED) is 0.760. The van der Waals surface area contributed by atoms with Gasteiger partial charge in [0.1, 0.15) is 12.1 Å². The Morgan fingerprint density at radius 2 is 1.90 bits per heavy atom. The van der Waals surface area contributed by atoms with E-state index in [1.807, 2.05) is 18.2 Å². The highest BCUT2D eigenvalue weighted by molar-refractivity contribution is 6.30. The number of carbonyl (C=O) groups is 3. The van der Waals surface area contributed by atoms with Crippen molar-refractivity contribution in [2.45, 2.75) is 37.8 Å². The average Bonchev–Trinajstić information content (AvgIpc) is 2.97. The number of fused-ring (bicyclic) bond motifs is 1. The molecule has 0 saturated carbocycles. The Hall–Kier alpha value is -2.86. The molecule has 0 aromatic heterocycles. The second kappa shape index (κ2) is 7.76. The third-order valence-electron chi connectivity index (χ3n) is 6.19. The van der Waals surface area contributed by atoms with Gasteiger partial charge >= 0.3 is 6.03 Å². The topological polar surface area (TPSA) is 69.7 Å². The fourth-order valence-corrected chi connectivity index (χ4v) is 4.50. The van der Waals surface area contributed by atoms with Crippen LogP contribution in [0.4, 0.5) is 4.79 Å². The molecule has 0 bridgehead atoms. The van der Waals surface area contributed by atoms with Crippen LogP contribution in [0.15, 0.2) is 48.5 Å². The van der Waals surface area contributed by atoms with Crippen LogP contribution in [0.1, 0.15) is 42.5 Å². The molecule has 6 nitrogen and oxygen atoms in total. The molecule has 1 fully saturated rings. The number of urea groups is 1. The summed E-state index contributed by atoms with van der Waals surface area (Å²) in [5.41, 5.74) is 1.79. The molecule has 0 radical (unpaired) electrons. The number of nitrogens with zero attached hydrogens (tertiary/aromatic N) is 2. The van der Waals surface area contributed by atoms with Crippen molar-refractivity contribution in [3.8, 4) is 0 Å². The zero-order valence-corrected chi connectivity index (χ0v) is 17.8. The lowest BCUT2D eigenvalue weighted by Crippen LogP contribution is -2.44. The molecule has 7 heteroatoms. The highest BCUT2D eigenvalue weighted by Gasteiger charge is 2.49. The Kier molecular flexibility index (Phi) is 5.28. The highest BCUT2D eigenvalue weighted by atomic mass is 35.5. The minimum atomic E-state index is -1.22. The van der Waals surface area contributed by atoms with E-state index >= 15 is 0 Å². The fourth-order valence-electron chi connectivity index (χ4n) is 4.37. The summed E-state index contributed by atoms with van der Waals surface area (Å²) in [7, 11) is 1.74. The molecule has 30 heavy (non-hydrogen) atoms. The van der Waals surface area contributed by atoms with Crippen molar-refractivity contribution in [3.63, 3.8) is 0 Å². The number of halogens is 1. The lowest BCUT2D eigenvalue weighted by Gasteiger charge is -2.34. The maximum atomic E-state index is 13.1. The summed E-state index contributed by atoms with van der Waals surface area (Å²) >= 11 is 5.94. The Bertz CT molecular complexity index is 1010. The molecule has 2 atom stereocenters. The molecular formula is C23H24ClN3O3. The van der Waals surface area contributed by atoms with Crippen LogP contribution in [0.25, 0.3) is 0 Å². The van der Waals surface area contributed by atoms with Gasteiger partial charge < -0.3 is 10.2 Å². The summed E-state index contributed by atoms with van der Waals surface area (Å²) in [4.78, 5) is 41.4. The van der Waals surface area contributed by atoms with E-state index < -0.39 is 17.5 Å². The molecule has 1 aliphatic carbocycles. The summed E-state index contributed by atoms with van der Waals surface area (Å²) in [5, 5.41) is 3.27. The minimum absolute atomic E-state index is 0.0501. The second-order valence-electron chi connectivity index (χ2n) is 8.06. The van der Waals surface area contributed by atoms with E-state index in [1.165, 1.54) is 5.56 Å². The molecule has 2 aromatic carbocycles. The predicted molar refractivity (Wildman–Crippen MR) is 114 cm³/mol. The molecule has 1 aliphatic heterocycles. The number of likely N-dealkylation sites (N-methyl/N-ethyl adjacent to an activating group) is 1. The maximum Gasteiger partial charge on any atom is 0.325 e. The Balaban J connectivity index is 1.52. The molecule has 1 heterocycles. The van der Waals surface area contributed by atoms with E-state index in [9.17, 15) is 14.4 Å². The van der Waals surface area contributed by atoms with Crippen LogP contribution in [0.2, 0.25) is 5.02 Å². The predicted octanol–water partition coefficient (Wildman–Crippen LogP) is 3.64. The van der Waals surface area contributed by atoms with Crippen molar-refractivity contribution in [2.24, 2.45) is 0 Å². The summed E-state index contributed by atoms with van der Waals surface area (Å²) in [6, 6.07) is 14.3. The number of hydrogen-bond donors (Lipinski definition) is 1. The van der Waals surface area contributed by atoms with E-state index in [1.54, 1.807) is 43.1 Å². The van der Waals surface area contributed by atoms with Gasteiger partial charge in [-0.05, 0) is 55.0 Å². The number of rotatable bonds is 4. The number of hydrogen-bond acceptors (Lipinski definition) is 3. The first-order valence-corrected chi connectivity index (χ1v) is 10.4. The van der Waals surface area contributed by atoms with Gasteiger partial charge in [0.05, 0.1) is 6.04 Å².